The van der Waals surface area contributed by atoms with Crippen LogP contribution < -0.4 is 0 Å². The molecule has 80 valence electrons. The molecule has 1 N–H and O–H groups in total. The summed E-state index contributed by atoms with van der Waals surface area (Å²) >= 11 is 0. The van der Waals surface area contributed by atoms with Gasteiger partial charge in [0.1, 0.15) is 0 Å². The van der Waals surface area contributed by atoms with E-state index in [0.29, 0.717) is 6.04 Å². The fraction of sp³-hybridized carbons (Fsp3) is 0.900. The summed E-state index contributed by atoms with van der Waals surface area (Å²) in [7, 11) is 2.17. The first-order valence-corrected chi connectivity index (χ1v) is 5.33. The number of hydrogen-bond acceptors (Lipinski definition) is 3. The van der Waals surface area contributed by atoms with Gasteiger partial charge in [0.2, 0.25) is 0 Å². The van der Waals surface area contributed by atoms with E-state index in [4.69, 9.17) is 5.11 Å². The van der Waals surface area contributed by atoms with Gasteiger partial charge in [0.25, 0.3) is 0 Å². The molecule has 1 saturated carbocycles. The lowest BCUT2D eigenvalue weighted by atomic mass is 10.2. The highest BCUT2D eigenvalue weighted by Crippen LogP contribution is 2.29. The monoisotopic (exact) mass is 198 g/mol. The first kappa shape index (κ1) is 9.93. The van der Waals surface area contributed by atoms with Crippen molar-refractivity contribution in [3.63, 3.8) is 0 Å². The number of nitrogens with zero attached hydrogens (tertiary/aromatic N) is 2. The average Bonchev–Trinajstić information content (AvgIpc) is 2.86. The predicted octanol–water partition coefficient (Wildman–Crippen LogP) is 0.239. The molecule has 2 aliphatic rings. The van der Waals surface area contributed by atoms with Crippen molar-refractivity contribution in [1.82, 2.24) is 9.80 Å². The summed E-state index contributed by atoms with van der Waals surface area (Å²) in [6, 6.07) is 1.37. The van der Waals surface area contributed by atoms with Gasteiger partial charge in [-0.3, -0.25) is 14.6 Å². The van der Waals surface area contributed by atoms with E-state index in [-0.39, 0.29) is 6.54 Å². The lowest BCUT2D eigenvalue weighted by molar-refractivity contribution is -0.138. The van der Waals surface area contributed by atoms with E-state index in [1.54, 1.807) is 0 Å². The zero-order valence-corrected chi connectivity index (χ0v) is 8.65. The van der Waals surface area contributed by atoms with Crippen molar-refractivity contribution in [2.24, 2.45) is 0 Å². The summed E-state index contributed by atoms with van der Waals surface area (Å²) in [6.45, 7) is 2.07. The quantitative estimate of drug-likeness (QED) is 0.702. The molecule has 0 radical (unpaired) electrons. The Morgan fingerprint density at radius 2 is 2.14 bits per heavy atom. The van der Waals surface area contributed by atoms with Gasteiger partial charge in [0, 0.05) is 25.2 Å². The van der Waals surface area contributed by atoms with E-state index in [1.165, 1.54) is 12.8 Å². The maximum absolute atomic E-state index is 10.5. The normalized spacial score (nSPS) is 28.6. The minimum absolute atomic E-state index is 0.203. The molecule has 1 heterocycles. The third-order valence-corrected chi connectivity index (χ3v) is 3.31. The summed E-state index contributed by atoms with van der Waals surface area (Å²) in [5.41, 5.74) is 0. The highest BCUT2D eigenvalue weighted by atomic mass is 16.4. The number of carboxylic acid groups (broad SMARTS) is 1. The van der Waals surface area contributed by atoms with Crippen molar-refractivity contribution >= 4 is 5.97 Å². The number of likely N-dealkylation sites (tertiary alicyclic amines) is 1. The van der Waals surface area contributed by atoms with Gasteiger partial charge in [-0.1, -0.05) is 0 Å². The molecule has 14 heavy (non-hydrogen) atoms. The molecule has 0 spiro atoms. The molecule has 1 saturated heterocycles. The molecule has 2 fully saturated rings. The number of hydrogen-bond donors (Lipinski definition) is 1. The van der Waals surface area contributed by atoms with Gasteiger partial charge in [-0.2, -0.15) is 0 Å². The highest BCUT2D eigenvalue weighted by molar-refractivity contribution is 5.69. The van der Waals surface area contributed by atoms with Gasteiger partial charge < -0.3 is 5.11 Å². The van der Waals surface area contributed by atoms with Crippen molar-refractivity contribution in [1.29, 1.82) is 0 Å². The zero-order chi connectivity index (χ0) is 10.1. The first-order valence-electron chi connectivity index (χ1n) is 5.33. The zero-order valence-electron chi connectivity index (χ0n) is 8.65. The maximum Gasteiger partial charge on any atom is 0.317 e. The Morgan fingerprint density at radius 1 is 1.43 bits per heavy atom. The Bertz CT molecular complexity index is 228. The van der Waals surface area contributed by atoms with E-state index in [0.717, 1.165) is 25.6 Å². The molecule has 0 unspecified atom stereocenters. The fourth-order valence-corrected chi connectivity index (χ4v) is 2.26. The van der Waals surface area contributed by atoms with Crippen LogP contribution >= 0.6 is 0 Å². The molecular formula is C10H18N2O2. The van der Waals surface area contributed by atoms with Gasteiger partial charge in [0.05, 0.1) is 6.54 Å². The summed E-state index contributed by atoms with van der Waals surface area (Å²) in [6.07, 6.45) is 3.78. The number of carboxylic acids is 1. The van der Waals surface area contributed by atoms with Crippen LogP contribution in [0.4, 0.5) is 0 Å². The number of rotatable bonds is 4. The molecule has 4 nitrogen and oxygen atoms in total. The Balaban J connectivity index is 1.78. The number of aliphatic carboxylic acids is 1. The lowest BCUT2D eigenvalue weighted by Gasteiger charge is -2.23. The van der Waals surface area contributed by atoms with Crippen LogP contribution in [0.1, 0.15) is 19.3 Å². The topological polar surface area (TPSA) is 43.8 Å². The minimum atomic E-state index is -0.709. The molecule has 0 aromatic carbocycles. The SMILES string of the molecule is CN(C1CC1)[C@@H]1CCN(CC(=O)O)C1. The number of carbonyl (C=O) groups is 1. The van der Waals surface area contributed by atoms with Crippen LogP contribution in [-0.2, 0) is 4.79 Å². The second-order valence-electron chi connectivity index (χ2n) is 4.47. The van der Waals surface area contributed by atoms with Crippen molar-refractivity contribution < 1.29 is 9.90 Å². The Kier molecular flexibility index (Phi) is 2.74. The molecule has 0 aromatic heterocycles. The molecule has 1 atom stereocenters. The van der Waals surface area contributed by atoms with Crippen LogP contribution in [0, 0.1) is 0 Å². The highest BCUT2D eigenvalue weighted by Gasteiger charge is 2.34. The van der Waals surface area contributed by atoms with Gasteiger partial charge in [-0.25, -0.2) is 0 Å². The third kappa shape index (κ3) is 2.25. The minimum Gasteiger partial charge on any atom is -0.480 e. The molecule has 1 aliphatic carbocycles. The lowest BCUT2D eigenvalue weighted by Crippen LogP contribution is -2.37. The van der Waals surface area contributed by atoms with Gasteiger partial charge in [-0.05, 0) is 26.3 Å². The van der Waals surface area contributed by atoms with Crippen LogP contribution in [0.5, 0.6) is 0 Å². The van der Waals surface area contributed by atoms with Crippen LogP contribution in [0.25, 0.3) is 0 Å². The van der Waals surface area contributed by atoms with Crippen LogP contribution in [0.3, 0.4) is 0 Å². The van der Waals surface area contributed by atoms with Crippen LogP contribution in [0.2, 0.25) is 0 Å². The summed E-state index contributed by atoms with van der Waals surface area (Å²) < 4.78 is 0. The van der Waals surface area contributed by atoms with E-state index < -0.39 is 5.97 Å². The molecular weight excluding hydrogens is 180 g/mol. The number of likely N-dealkylation sites (N-methyl/N-ethyl adjacent to an activating group) is 1. The molecule has 1 aliphatic heterocycles. The second-order valence-corrected chi connectivity index (χ2v) is 4.47. The molecule has 0 bridgehead atoms. The van der Waals surface area contributed by atoms with Crippen LogP contribution in [0.15, 0.2) is 0 Å². The fourth-order valence-electron chi connectivity index (χ4n) is 2.26. The maximum atomic E-state index is 10.5. The molecule has 2 rings (SSSR count). The van der Waals surface area contributed by atoms with Crippen molar-refractivity contribution in [2.45, 2.75) is 31.3 Å². The first-order chi connectivity index (χ1) is 6.66. The third-order valence-electron chi connectivity index (χ3n) is 3.31. The van der Waals surface area contributed by atoms with E-state index in [2.05, 4.69) is 11.9 Å². The van der Waals surface area contributed by atoms with Crippen molar-refractivity contribution in [3.05, 3.63) is 0 Å². The van der Waals surface area contributed by atoms with Crippen molar-refractivity contribution in [2.75, 3.05) is 26.7 Å². The van der Waals surface area contributed by atoms with E-state index >= 15 is 0 Å². The summed E-state index contributed by atoms with van der Waals surface area (Å²) in [4.78, 5) is 15.0. The average molecular weight is 198 g/mol. The Labute approximate surface area is 84.5 Å². The van der Waals surface area contributed by atoms with Gasteiger partial charge in [-0.15, -0.1) is 0 Å². The Morgan fingerprint density at radius 3 is 2.71 bits per heavy atom. The standard InChI is InChI=1S/C10H18N2O2/c1-11(8-2-3-8)9-4-5-12(6-9)7-10(13)14/h8-9H,2-7H2,1H3,(H,13,14)/t9-/m1/s1. The molecule has 4 heteroatoms. The van der Waals surface area contributed by atoms with E-state index in [1.807, 2.05) is 4.90 Å². The summed E-state index contributed by atoms with van der Waals surface area (Å²) in [5.74, 6) is -0.709. The molecule has 0 aromatic rings. The largest absolute Gasteiger partial charge is 0.480 e. The molecule has 0 amide bonds. The predicted molar refractivity (Wildman–Crippen MR) is 53.3 cm³/mol. The van der Waals surface area contributed by atoms with Crippen molar-refractivity contribution in [3.8, 4) is 0 Å². The second kappa shape index (κ2) is 3.87. The summed E-state index contributed by atoms with van der Waals surface area (Å²) in [5, 5.41) is 8.67. The van der Waals surface area contributed by atoms with Gasteiger partial charge in [0.15, 0.2) is 0 Å². The van der Waals surface area contributed by atoms with Crippen LogP contribution in [-0.4, -0.2) is 59.6 Å². The van der Waals surface area contributed by atoms with E-state index in [9.17, 15) is 4.79 Å². The Hall–Kier alpha value is -0.610. The van der Waals surface area contributed by atoms with Gasteiger partial charge >= 0.3 is 5.97 Å². The smallest absolute Gasteiger partial charge is 0.317 e.